The number of unbranched alkanes of at least 4 members (excludes halogenated alkanes) is 1. The van der Waals surface area contributed by atoms with Crippen LogP contribution >= 0.6 is 0 Å². The molecule has 2 saturated carbocycles. The maximum Gasteiger partial charge on any atom is 0.303 e. The van der Waals surface area contributed by atoms with Crippen molar-refractivity contribution in [3.63, 3.8) is 0 Å². The zero-order valence-corrected chi connectivity index (χ0v) is 18.4. The summed E-state index contributed by atoms with van der Waals surface area (Å²) in [5.41, 5.74) is 0. The fourth-order valence-electron chi connectivity index (χ4n) is 6.82. The third-order valence-corrected chi connectivity index (χ3v) is 8.16. The molecule has 9 atom stereocenters. The molecular formula is C24H44O3. The highest BCUT2D eigenvalue weighted by Gasteiger charge is 2.49. The first-order valence-corrected chi connectivity index (χ1v) is 11.7. The fraction of sp³-hybridized carbons (Fsp3) is 0.958. The minimum Gasteiger partial charge on any atom is -0.481 e. The van der Waals surface area contributed by atoms with E-state index in [1.165, 1.54) is 19.3 Å². The van der Waals surface area contributed by atoms with E-state index in [1.54, 1.807) is 0 Å². The summed E-state index contributed by atoms with van der Waals surface area (Å²) in [6.07, 6.45) is 8.96. The third-order valence-electron chi connectivity index (χ3n) is 8.16. The standard InChI is InChI=1S/C24H44O3/c1-6-15(2)13-17(4)23-18(5)14-20-21(25)12-11-16(3)24(20)19(23)9-7-8-10-22(26)27/h15-21,23-25H,6-14H2,1-5H3,(H,26,27)/t15?,16-,17?,18-,19+,20-,21-,23+,24-/m0/s1. The molecule has 2 N–H and O–H groups in total. The molecule has 0 amide bonds. The van der Waals surface area contributed by atoms with Crippen molar-refractivity contribution in [3.05, 3.63) is 0 Å². The second-order valence-corrected chi connectivity index (χ2v) is 10.2. The normalized spacial score (nSPS) is 38.8. The molecule has 2 unspecified atom stereocenters. The van der Waals surface area contributed by atoms with Crippen molar-refractivity contribution in [3.8, 4) is 0 Å². The van der Waals surface area contributed by atoms with Gasteiger partial charge in [-0.1, -0.05) is 47.5 Å². The van der Waals surface area contributed by atoms with Gasteiger partial charge in [0.1, 0.15) is 0 Å². The zero-order chi connectivity index (χ0) is 20.1. The molecule has 3 nitrogen and oxygen atoms in total. The Bertz CT molecular complexity index is 463. The predicted octanol–water partition coefficient (Wildman–Crippen LogP) is 6.00. The Morgan fingerprint density at radius 3 is 2.44 bits per heavy atom. The second kappa shape index (κ2) is 10.3. The van der Waals surface area contributed by atoms with Crippen molar-refractivity contribution in [2.45, 2.75) is 98.5 Å². The lowest BCUT2D eigenvalue weighted by atomic mass is 9.51. The number of carboxylic acid groups (broad SMARTS) is 1. The lowest BCUT2D eigenvalue weighted by Crippen LogP contribution is -2.50. The van der Waals surface area contributed by atoms with Gasteiger partial charge in [-0.05, 0) is 85.9 Å². The summed E-state index contributed by atoms with van der Waals surface area (Å²) in [4.78, 5) is 10.9. The van der Waals surface area contributed by atoms with Crippen LogP contribution in [0.2, 0.25) is 0 Å². The zero-order valence-electron chi connectivity index (χ0n) is 18.4. The van der Waals surface area contributed by atoms with E-state index >= 15 is 0 Å². The first kappa shape index (κ1) is 22.7. The summed E-state index contributed by atoms with van der Waals surface area (Å²) in [6.45, 7) is 12.0. The first-order chi connectivity index (χ1) is 12.8. The fourth-order valence-corrected chi connectivity index (χ4v) is 6.82. The molecule has 27 heavy (non-hydrogen) atoms. The van der Waals surface area contributed by atoms with Gasteiger partial charge in [-0.15, -0.1) is 0 Å². The monoisotopic (exact) mass is 380 g/mol. The number of rotatable bonds is 9. The highest BCUT2D eigenvalue weighted by Crippen LogP contribution is 2.55. The van der Waals surface area contributed by atoms with E-state index in [0.29, 0.717) is 41.9 Å². The third kappa shape index (κ3) is 5.71. The summed E-state index contributed by atoms with van der Waals surface area (Å²) in [5, 5.41) is 19.7. The van der Waals surface area contributed by atoms with Gasteiger partial charge in [-0.25, -0.2) is 0 Å². The SMILES string of the molecule is CCC(C)CC(C)[C@H]1[C@@H](CCCCC(=O)O)[C@H]2[C@@H](C[C@@H]1C)[C@@H](O)CC[C@@H]2C. The van der Waals surface area contributed by atoms with Crippen LogP contribution in [0.25, 0.3) is 0 Å². The van der Waals surface area contributed by atoms with E-state index in [-0.39, 0.29) is 6.10 Å². The maximum atomic E-state index is 10.9. The maximum absolute atomic E-state index is 10.9. The van der Waals surface area contributed by atoms with Crippen LogP contribution in [0.15, 0.2) is 0 Å². The highest BCUT2D eigenvalue weighted by molar-refractivity contribution is 5.66. The molecule has 0 aromatic carbocycles. The number of hydrogen-bond acceptors (Lipinski definition) is 2. The van der Waals surface area contributed by atoms with Gasteiger partial charge in [0, 0.05) is 6.42 Å². The minimum atomic E-state index is -0.673. The Balaban J connectivity index is 2.18. The molecule has 0 aromatic heterocycles. The number of carbonyl (C=O) groups is 1. The highest BCUT2D eigenvalue weighted by atomic mass is 16.4. The Morgan fingerprint density at radius 1 is 1.11 bits per heavy atom. The molecule has 0 aromatic rings. The van der Waals surface area contributed by atoms with Crippen LogP contribution in [0.1, 0.15) is 92.4 Å². The molecule has 0 saturated heterocycles. The summed E-state index contributed by atoms with van der Waals surface area (Å²) < 4.78 is 0. The van der Waals surface area contributed by atoms with Crippen LogP contribution in [0.3, 0.4) is 0 Å². The van der Waals surface area contributed by atoms with Gasteiger partial charge in [-0.3, -0.25) is 4.79 Å². The lowest BCUT2D eigenvalue weighted by molar-refractivity contribution is -0.137. The Labute approximate surface area is 167 Å². The number of aliphatic carboxylic acids is 1. The summed E-state index contributed by atoms with van der Waals surface area (Å²) in [6, 6.07) is 0. The average Bonchev–Trinajstić information content (AvgIpc) is 2.60. The van der Waals surface area contributed by atoms with E-state index in [0.717, 1.165) is 43.9 Å². The van der Waals surface area contributed by atoms with Gasteiger partial charge in [0.2, 0.25) is 0 Å². The van der Waals surface area contributed by atoms with Crippen molar-refractivity contribution in [1.29, 1.82) is 0 Å². The molecule has 0 heterocycles. The van der Waals surface area contributed by atoms with E-state index < -0.39 is 5.97 Å². The van der Waals surface area contributed by atoms with Crippen molar-refractivity contribution in [1.82, 2.24) is 0 Å². The number of aliphatic hydroxyl groups excluding tert-OH is 1. The van der Waals surface area contributed by atoms with Gasteiger partial charge in [0.25, 0.3) is 0 Å². The van der Waals surface area contributed by atoms with E-state index in [4.69, 9.17) is 5.11 Å². The number of carboxylic acids is 1. The van der Waals surface area contributed by atoms with Crippen LogP contribution in [-0.4, -0.2) is 22.3 Å². The predicted molar refractivity (Wildman–Crippen MR) is 111 cm³/mol. The van der Waals surface area contributed by atoms with Gasteiger partial charge >= 0.3 is 5.97 Å². The molecule has 2 fully saturated rings. The second-order valence-electron chi connectivity index (χ2n) is 10.2. The quantitative estimate of drug-likeness (QED) is 0.482. The van der Waals surface area contributed by atoms with Gasteiger partial charge in [-0.2, -0.15) is 0 Å². The largest absolute Gasteiger partial charge is 0.481 e. The molecule has 0 radical (unpaired) electrons. The Morgan fingerprint density at radius 2 is 1.81 bits per heavy atom. The topological polar surface area (TPSA) is 57.5 Å². The van der Waals surface area contributed by atoms with Crippen LogP contribution in [0.5, 0.6) is 0 Å². The smallest absolute Gasteiger partial charge is 0.303 e. The molecule has 0 bridgehead atoms. The lowest BCUT2D eigenvalue weighted by Gasteiger charge is -2.55. The summed E-state index contributed by atoms with van der Waals surface area (Å²) in [5.74, 6) is 4.61. The molecule has 3 heteroatoms. The number of fused-ring (bicyclic) bond motifs is 1. The van der Waals surface area contributed by atoms with Crippen molar-refractivity contribution in [2.75, 3.05) is 0 Å². The molecular weight excluding hydrogens is 336 g/mol. The van der Waals surface area contributed by atoms with Gasteiger partial charge in [0.15, 0.2) is 0 Å². The van der Waals surface area contributed by atoms with E-state index in [9.17, 15) is 9.90 Å². The van der Waals surface area contributed by atoms with Crippen molar-refractivity contribution < 1.29 is 15.0 Å². The van der Waals surface area contributed by atoms with Crippen LogP contribution in [0.4, 0.5) is 0 Å². The number of hydrogen-bond donors (Lipinski definition) is 2. The summed E-state index contributed by atoms with van der Waals surface area (Å²) >= 11 is 0. The molecule has 158 valence electrons. The number of aliphatic hydroxyl groups is 1. The Hall–Kier alpha value is -0.570. The van der Waals surface area contributed by atoms with Crippen LogP contribution in [0, 0.1) is 47.3 Å². The molecule has 2 aliphatic rings. The van der Waals surface area contributed by atoms with Crippen molar-refractivity contribution >= 4 is 5.97 Å². The van der Waals surface area contributed by atoms with Crippen LogP contribution in [-0.2, 0) is 4.79 Å². The van der Waals surface area contributed by atoms with Gasteiger partial charge < -0.3 is 10.2 Å². The first-order valence-electron chi connectivity index (χ1n) is 11.7. The minimum absolute atomic E-state index is 0.124. The van der Waals surface area contributed by atoms with Gasteiger partial charge in [0.05, 0.1) is 6.10 Å². The Kier molecular flexibility index (Phi) is 8.65. The molecule has 0 aliphatic heterocycles. The average molecular weight is 381 g/mol. The van der Waals surface area contributed by atoms with E-state index in [2.05, 4.69) is 34.6 Å². The molecule has 0 spiro atoms. The van der Waals surface area contributed by atoms with E-state index in [1.807, 2.05) is 0 Å². The van der Waals surface area contributed by atoms with Crippen LogP contribution < -0.4 is 0 Å². The molecule has 2 rings (SSSR count). The van der Waals surface area contributed by atoms with Crippen molar-refractivity contribution in [2.24, 2.45) is 47.3 Å². The summed E-state index contributed by atoms with van der Waals surface area (Å²) in [7, 11) is 0. The molecule has 2 aliphatic carbocycles.